The van der Waals surface area contributed by atoms with Crippen molar-refractivity contribution >= 4 is 22.5 Å². The van der Waals surface area contributed by atoms with Crippen molar-refractivity contribution in [1.82, 2.24) is 9.47 Å². The van der Waals surface area contributed by atoms with Crippen LogP contribution < -0.4 is 0 Å². The Morgan fingerprint density at radius 2 is 1.85 bits per heavy atom. The SMILES string of the molecule is CC1Cc2c(c3cccc(F)c3n2CCc2ccc(Cl)cc2)C(C)N1C. The van der Waals surface area contributed by atoms with E-state index >= 15 is 0 Å². The number of rotatable bonds is 3. The van der Waals surface area contributed by atoms with E-state index in [2.05, 4.69) is 48.6 Å². The van der Waals surface area contributed by atoms with Gasteiger partial charge in [0.2, 0.25) is 0 Å². The van der Waals surface area contributed by atoms with Gasteiger partial charge in [-0.15, -0.1) is 0 Å². The summed E-state index contributed by atoms with van der Waals surface area (Å²) < 4.78 is 17.0. The van der Waals surface area contributed by atoms with E-state index in [1.165, 1.54) is 16.8 Å². The van der Waals surface area contributed by atoms with Gasteiger partial charge in [-0.2, -0.15) is 0 Å². The molecule has 3 aromatic rings. The van der Waals surface area contributed by atoms with Gasteiger partial charge in [-0.3, -0.25) is 4.90 Å². The molecule has 1 aliphatic rings. The van der Waals surface area contributed by atoms with Gasteiger partial charge in [0.05, 0.1) is 5.52 Å². The number of benzene rings is 2. The first-order valence-corrected chi connectivity index (χ1v) is 9.61. The fourth-order valence-corrected chi connectivity index (χ4v) is 4.40. The number of fused-ring (bicyclic) bond motifs is 3. The van der Waals surface area contributed by atoms with Crippen LogP contribution in [0.2, 0.25) is 5.02 Å². The average Bonchev–Trinajstić information content (AvgIpc) is 2.94. The molecule has 1 aliphatic heterocycles. The molecule has 0 spiro atoms. The number of aryl methyl sites for hydroxylation is 2. The van der Waals surface area contributed by atoms with Gasteiger partial charge in [0.1, 0.15) is 5.82 Å². The fourth-order valence-electron chi connectivity index (χ4n) is 4.28. The highest BCUT2D eigenvalue weighted by molar-refractivity contribution is 6.30. The summed E-state index contributed by atoms with van der Waals surface area (Å²) in [5, 5.41) is 1.80. The van der Waals surface area contributed by atoms with Gasteiger partial charge in [0, 0.05) is 41.2 Å². The third-order valence-electron chi connectivity index (χ3n) is 5.93. The molecule has 136 valence electrons. The molecule has 2 aromatic carbocycles. The van der Waals surface area contributed by atoms with Crippen molar-refractivity contribution in [3.63, 3.8) is 0 Å². The molecule has 4 heteroatoms. The van der Waals surface area contributed by atoms with E-state index in [0.717, 1.165) is 35.3 Å². The predicted octanol–water partition coefficient (Wildman–Crippen LogP) is 5.61. The highest BCUT2D eigenvalue weighted by Gasteiger charge is 2.32. The van der Waals surface area contributed by atoms with Crippen LogP contribution in [0.15, 0.2) is 42.5 Å². The fraction of sp³-hybridized carbons (Fsp3) is 0.364. The average molecular weight is 371 g/mol. The molecule has 1 aromatic heterocycles. The maximum absolute atomic E-state index is 14.8. The van der Waals surface area contributed by atoms with Crippen LogP contribution in [0.1, 0.15) is 36.7 Å². The molecule has 2 atom stereocenters. The molecular formula is C22H24ClFN2. The quantitative estimate of drug-likeness (QED) is 0.581. The lowest BCUT2D eigenvalue weighted by molar-refractivity contribution is 0.177. The van der Waals surface area contributed by atoms with Gasteiger partial charge in [-0.25, -0.2) is 4.39 Å². The molecule has 0 amide bonds. The Kier molecular flexibility index (Phi) is 4.54. The maximum Gasteiger partial charge on any atom is 0.147 e. The van der Waals surface area contributed by atoms with Gasteiger partial charge >= 0.3 is 0 Å². The zero-order valence-electron chi connectivity index (χ0n) is 15.5. The van der Waals surface area contributed by atoms with Crippen molar-refractivity contribution in [3.8, 4) is 0 Å². The normalized spacial score (nSPS) is 20.5. The number of aromatic nitrogens is 1. The minimum absolute atomic E-state index is 0.129. The summed E-state index contributed by atoms with van der Waals surface area (Å²) in [5.41, 5.74) is 4.55. The number of likely N-dealkylation sites (N-methyl/N-ethyl adjacent to an activating group) is 1. The summed E-state index contributed by atoms with van der Waals surface area (Å²) in [6.45, 7) is 5.25. The molecular weight excluding hydrogens is 347 g/mol. The summed E-state index contributed by atoms with van der Waals surface area (Å²) in [7, 11) is 2.16. The molecule has 0 radical (unpaired) electrons. The molecule has 0 N–H and O–H groups in total. The molecule has 26 heavy (non-hydrogen) atoms. The first-order chi connectivity index (χ1) is 12.5. The van der Waals surface area contributed by atoms with Crippen LogP contribution in [0.4, 0.5) is 4.39 Å². The highest BCUT2D eigenvalue weighted by Crippen LogP contribution is 2.39. The molecule has 0 bridgehead atoms. The molecule has 0 saturated carbocycles. The Hall–Kier alpha value is -1.84. The maximum atomic E-state index is 14.8. The van der Waals surface area contributed by atoms with E-state index in [-0.39, 0.29) is 11.9 Å². The first-order valence-electron chi connectivity index (χ1n) is 9.23. The summed E-state index contributed by atoms with van der Waals surface area (Å²) in [5.74, 6) is -0.129. The highest BCUT2D eigenvalue weighted by atomic mass is 35.5. The van der Waals surface area contributed by atoms with Gasteiger partial charge in [0.15, 0.2) is 0 Å². The van der Waals surface area contributed by atoms with Gasteiger partial charge in [-0.1, -0.05) is 35.9 Å². The van der Waals surface area contributed by atoms with Crippen molar-refractivity contribution in [2.24, 2.45) is 0 Å². The Morgan fingerprint density at radius 3 is 2.58 bits per heavy atom. The second-order valence-corrected chi connectivity index (χ2v) is 7.86. The first kappa shape index (κ1) is 17.6. The van der Waals surface area contributed by atoms with Crippen LogP contribution in [0.25, 0.3) is 10.9 Å². The summed E-state index contributed by atoms with van der Waals surface area (Å²) in [4.78, 5) is 2.39. The largest absolute Gasteiger partial charge is 0.341 e. The lowest BCUT2D eigenvalue weighted by Gasteiger charge is -2.36. The Labute approximate surface area is 159 Å². The summed E-state index contributed by atoms with van der Waals surface area (Å²) in [6.07, 6.45) is 1.81. The lowest BCUT2D eigenvalue weighted by atomic mass is 9.93. The van der Waals surface area contributed by atoms with Crippen molar-refractivity contribution in [3.05, 3.63) is 70.1 Å². The van der Waals surface area contributed by atoms with Gasteiger partial charge in [-0.05, 0) is 56.6 Å². The van der Waals surface area contributed by atoms with Crippen LogP contribution in [-0.2, 0) is 19.4 Å². The van der Waals surface area contributed by atoms with E-state index in [1.54, 1.807) is 6.07 Å². The van der Waals surface area contributed by atoms with Gasteiger partial charge < -0.3 is 4.57 Å². The topological polar surface area (TPSA) is 8.17 Å². The second kappa shape index (κ2) is 6.71. The van der Waals surface area contributed by atoms with Crippen LogP contribution in [0.5, 0.6) is 0 Å². The number of hydrogen-bond donors (Lipinski definition) is 0. The zero-order valence-corrected chi connectivity index (χ0v) is 16.2. The molecule has 2 unspecified atom stereocenters. The standard InChI is InChI=1S/C22H24ClFN2/c1-14-13-20-21(15(2)25(14)3)18-5-4-6-19(24)22(18)26(20)12-11-16-7-9-17(23)10-8-16/h4-10,14-15H,11-13H2,1-3H3. The Morgan fingerprint density at radius 1 is 1.12 bits per heavy atom. The van der Waals surface area contributed by atoms with E-state index in [4.69, 9.17) is 11.6 Å². The van der Waals surface area contributed by atoms with Crippen LogP contribution in [0.3, 0.4) is 0 Å². The molecule has 0 saturated heterocycles. The van der Waals surface area contributed by atoms with E-state index in [1.807, 2.05) is 18.2 Å². The van der Waals surface area contributed by atoms with Crippen molar-refractivity contribution < 1.29 is 4.39 Å². The smallest absolute Gasteiger partial charge is 0.147 e. The van der Waals surface area contributed by atoms with E-state index in [0.29, 0.717) is 6.04 Å². The summed E-state index contributed by atoms with van der Waals surface area (Å²) >= 11 is 5.99. The Balaban J connectivity index is 1.81. The van der Waals surface area contributed by atoms with Crippen molar-refractivity contribution in [2.45, 2.75) is 45.3 Å². The van der Waals surface area contributed by atoms with Crippen LogP contribution in [0, 0.1) is 5.82 Å². The third kappa shape index (κ3) is 2.83. The van der Waals surface area contributed by atoms with Crippen LogP contribution in [-0.4, -0.2) is 22.6 Å². The number of para-hydroxylation sites is 1. The second-order valence-electron chi connectivity index (χ2n) is 7.42. The zero-order chi connectivity index (χ0) is 18.4. The number of nitrogens with zero attached hydrogens (tertiary/aromatic N) is 2. The van der Waals surface area contributed by atoms with Crippen LogP contribution >= 0.6 is 11.6 Å². The van der Waals surface area contributed by atoms with Crippen molar-refractivity contribution in [1.29, 1.82) is 0 Å². The lowest BCUT2D eigenvalue weighted by Crippen LogP contribution is -2.38. The monoisotopic (exact) mass is 370 g/mol. The predicted molar refractivity (Wildman–Crippen MR) is 106 cm³/mol. The molecule has 4 rings (SSSR count). The van der Waals surface area contributed by atoms with E-state index < -0.39 is 0 Å². The van der Waals surface area contributed by atoms with Crippen molar-refractivity contribution in [2.75, 3.05) is 7.05 Å². The summed E-state index contributed by atoms with van der Waals surface area (Å²) in [6, 6.07) is 14.1. The number of halogens is 2. The minimum Gasteiger partial charge on any atom is -0.341 e. The molecule has 0 fully saturated rings. The Bertz CT molecular complexity index is 945. The molecule has 0 aliphatic carbocycles. The third-order valence-corrected chi connectivity index (χ3v) is 6.19. The minimum atomic E-state index is -0.129. The molecule has 2 heterocycles. The number of hydrogen-bond acceptors (Lipinski definition) is 1. The van der Waals surface area contributed by atoms with E-state index in [9.17, 15) is 4.39 Å². The molecule has 2 nitrogen and oxygen atoms in total. The van der Waals surface area contributed by atoms with Gasteiger partial charge in [0.25, 0.3) is 0 Å².